The maximum Gasteiger partial charge on any atom is 0.223 e. The highest BCUT2D eigenvalue weighted by atomic mass is 16.5. The van der Waals surface area contributed by atoms with Crippen LogP contribution in [0.5, 0.6) is 0 Å². The SMILES string of the molecule is CC1(C)CC(N2CCCC2=O)/C=C/C(C#N)=C\C=C\O1. The molecule has 4 nitrogen and oxygen atoms in total. The lowest BCUT2D eigenvalue weighted by Crippen LogP contribution is -2.40. The Morgan fingerprint density at radius 3 is 2.95 bits per heavy atom. The second kappa shape index (κ2) is 5.96. The summed E-state index contributed by atoms with van der Waals surface area (Å²) in [6, 6.07) is 2.10. The maximum atomic E-state index is 11.9. The number of nitrogens with zero attached hydrogens (tertiary/aromatic N) is 2. The van der Waals surface area contributed by atoms with E-state index in [2.05, 4.69) is 6.07 Å². The van der Waals surface area contributed by atoms with Gasteiger partial charge in [-0.2, -0.15) is 5.26 Å². The zero-order chi connectivity index (χ0) is 14.6. The lowest BCUT2D eigenvalue weighted by Gasteiger charge is -2.33. The van der Waals surface area contributed by atoms with E-state index in [1.54, 1.807) is 24.5 Å². The third-order valence-electron chi connectivity index (χ3n) is 3.58. The van der Waals surface area contributed by atoms with Crippen LogP contribution in [0.25, 0.3) is 0 Å². The molecule has 106 valence electrons. The first kappa shape index (κ1) is 14.4. The predicted octanol–water partition coefficient (Wildman–Crippen LogP) is 2.70. The Bertz CT molecular complexity index is 509. The summed E-state index contributed by atoms with van der Waals surface area (Å²) in [6.07, 6.45) is 11.0. The van der Waals surface area contributed by atoms with Crippen molar-refractivity contribution in [3.05, 3.63) is 36.1 Å². The number of nitriles is 1. The molecule has 0 spiro atoms. The van der Waals surface area contributed by atoms with E-state index in [1.807, 2.05) is 24.8 Å². The monoisotopic (exact) mass is 272 g/mol. The largest absolute Gasteiger partial charge is 0.495 e. The molecule has 0 aromatic rings. The molecule has 2 aliphatic rings. The molecule has 2 aliphatic heterocycles. The normalized spacial score (nSPS) is 31.6. The average Bonchev–Trinajstić information content (AvgIpc) is 2.82. The van der Waals surface area contributed by atoms with Gasteiger partial charge < -0.3 is 9.64 Å². The maximum absolute atomic E-state index is 11.9. The average molecular weight is 272 g/mol. The molecule has 20 heavy (non-hydrogen) atoms. The summed E-state index contributed by atoms with van der Waals surface area (Å²) in [5.41, 5.74) is 0.202. The molecule has 0 bridgehead atoms. The molecule has 0 aromatic carbocycles. The smallest absolute Gasteiger partial charge is 0.223 e. The minimum absolute atomic E-state index is 0.0248. The Hall–Kier alpha value is -2.02. The van der Waals surface area contributed by atoms with Crippen LogP contribution >= 0.6 is 0 Å². The van der Waals surface area contributed by atoms with E-state index in [9.17, 15) is 4.79 Å². The lowest BCUT2D eigenvalue weighted by molar-refractivity contribution is -0.129. The minimum Gasteiger partial charge on any atom is -0.495 e. The number of hydrogen-bond acceptors (Lipinski definition) is 3. The Morgan fingerprint density at radius 1 is 1.50 bits per heavy atom. The minimum atomic E-state index is -0.355. The van der Waals surface area contributed by atoms with Crippen LogP contribution in [0.3, 0.4) is 0 Å². The molecule has 1 fully saturated rings. The highest BCUT2D eigenvalue weighted by molar-refractivity contribution is 5.78. The third kappa shape index (κ3) is 3.51. The van der Waals surface area contributed by atoms with Gasteiger partial charge in [-0.1, -0.05) is 6.08 Å². The number of likely N-dealkylation sites (tertiary alicyclic amines) is 1. The molecule has 0 aliphatic carbocycles. The van der Waals surface area contributed by atoms with Crippen LogP contribution in [-0.4, -0.2) is 29.0 Å². The second-order valence-electron chi connectivity index (χ2n) is 5.76. The molecule has 1 amide bonds. The number of hydrogen-bond donors (Lipinski definition) is 0. The van der Waals surface area contributed by atoms with Crippen molar-refractivity contribution in [3.8, 4) is 6.07 Å². The van der Waals surface area contributed by atoms with Crippen LogP contribution in [0, 0.1) is 11.3 Å². The number of rotatable bonds is 1. The lowest BCUT2D eigenvalue weighted by atomic mass is 9.96. The molecule has 2 heterocycles. The van der Waals surface area contributed by atoms with Crippen LogP contribution in [0.15, 0.2) is 36.1 Å². The van der Waals surface area contributed by atoms with Gasteiger partial charge in [0.1, 0.15) is 5.60 Å². The highest BCUT2D eigenvalue weighted by Crippen LogP contribution is 2.25. The first-order chi connectivity index (χ1) is 9.52. The summed E-state index contributed by atoms with van der Waals surface area (Å²) >= 11 is 0. The van der Waals surface area contributed by atoms with Crippen molar-refractivity contribution in [2.45, 2.75) is 44.8 Å². The van der Waals surface area contributed by atoms with E-state index in [-0.39, 0.29) is 17.6 Å². The van der Waals surface area contributed by atoms with Gasteiger partial charge in [0.25, 0.3) is 0 Å². The molecular weight excluding hydrogens is 252 g/mol. The van der Waals surface area contributed by atoms with E-state index in [1.165, 1.54) is 0 Å². The molecular formula is C16H20N2O2. The van der Waals surface area contributed by atoms with Gasteiger partial charge in [-0.25, -0.2) is 0 Å². The van der Waals surface area contributed by atoms with Gasteiger partial charge in [0, 0.05) is 19.4 Å². The van der Waals surface area contributed by atoms with Crippen LogP contribution in [0.2, 0.25) is 0 Å². The fourth-order valence-corrected chi connectivity index (χ4v) is 2.56. The topological polar surface area (TPSA) is 53.3 Å². The van der Waals surface area contributed by atoms with Crippen LogP contribution in [0.4, 0.5) is 0 Å². The molecule has 0 saturated carbocycles. The zero-order valence-electron chi connectivity index (χ0n) is 12.0. The van der Waals surface area contributed by atoms with Gasteiger partial charge in [0.15, 0.2) is 0 Å². The van der Waals surface area contributed by atoms with E-state index < -0.39 is 0 Å². The standard InChI is InChI=1S/C16H20N2O2/c1-16(2)11-14(18-9-3-6-15(18)19)8-7-13(12-17)5-4-10-20-16/h4-5,7-8,10,14H,3,6,9,11H2,1-2H3/b8-7+,10-4+,13-5+. The molecule has 1 atom stereocenters. The number of carbonyl (C=O) groups excluding carboxylic acids is 1. The quantitative estimate of drug-likeness (QED) is 0.737. The summed E-state index contributed by atoms with van der Waals surface area (Å²) in [5, 5.41) is 9.05. The third-order valence-corrected chi connectivity index (χ3v) is 3.58. The van der Waals surface area contributed by atoms with E-state index >= 15 is 0 Å². The van der Waals surface area contributed by atoms with Crippen LogP contribution < -0.4 is 0 Å². The first-order valence-electron chi connectivity index (χ1n) is 6.94. The van der Waals surface area contributed by atoms with Crippen LogP contribution in [0.1, 0.15) is 33.1 Å². The molecule has 4 heteroatoms. The van der Waals surface area contributed by atoms with Crippen molar-refractivity contribution >= 4 is 5.91 Å². The van der Waals surface area contributed by atoms with Crippen molar-refractivity contribution < 1.29 is 9.53 Å². The Kier molecular flexibility index (Phi) is 4.29. The molecule has 2 rings (SSSR count). The Labute approximate surface area is 120 Å². The summed E-state index contributed by atoms with van der Waals surface area (Å²) in [4.78, 5) is 13.8. The van der Waals surface area contributed by atoms with Crippen molar-refractivity contribution in [1.29, 1.82) is 5.26 Å². The molecule has 0 radical (unpaired) electrons. The van der Waals surface area contributed by atoms with Gasteiger partial charge in [0.2, 0.25) is 5.91 Å². The van der Waals surface area contributed by atoms with Gasteiger partial charge in [0.05, 0.1) is 23.9 Å². The number of ether oxygens (including phenoxy) is 1. The number of allylic oxidation sites excluding steroid dienone is 4. The zero-order valence-corrected chi connectivity index (χ0v) is 12.0. The number of carbonyl (C=O) groups is 1. The predicted molar refractivity (Wildman–Crippen MR) is 76.5 cm³/mol. The summed E-state index contributed by atoms with van der Waals surface area (Å²) in [7, 11) is 0. The van der Waals surface area contributed by atoms with Gasteiger partial charge in [-0.15, -0.1) is 0 Å². The van der Waals surface area contributed by atoms with Crippen molar-refractivity contribution in [3.63, 3.8) is 0 Å². The van der Waals surface area contributed by atoms with Crippen molar-refractivity contribution in [1.82, 2.24) is 4.90 Å². The highest BCUT2D eigenvalue weighted by Gasteiger charge is 2.31. The second-order valence-corrected chi connectivity index (χ2v) is 5.76. The van der Waals surface area contributed by atoms with E-state index in [0.717, 1.165) is 13.0 Å². The first-order valence-corrected chi connectivity index (χ1v) is 6.94. The van der Waals surface area contributed by atoms with E-state index in [0.29, 0.717) is 18.4 Å². The molecule has 1 unspecified atom stereocenters. The van der Waals surface area contributed by atoms with Gasteiger partial charge >= 0.3 is 0 Å². The van der Waals surface area contributed by atoms with Crippen molar-refractivity contribution in [2.75, 3.05) is 6.54 Å². The van der Waals surface area contributed by atoms with Crippen molar-refractivity contribution in [2.24, 2.45) is 0 Å². The molecule has 0 N–H and O–H groups in total. The van der Waals surface area contributed by atoms with Crippen LogP contribution in [-0.2, 0) is 9.53 Å². The Morgan fingerprint density at radius 2 is 2.30 bits per heavy atom. The fraction of sp³-hybridized carbons (Fsp3) is 0.500. The Balaban J connectivity index is 2.28. The number of amides is 1. The summed E-state index contributed by atoms with van der Waals surface area (Å²) in [5.74, 6) is 0.186. The van der Waals surface area contributed by atoms with Gasteiger partial charge in [-0.3, -0.25) is 4.79 Å². The summed E-state index contributed by atoms with van der Waals surface area (Å²) < 4.78 is 5.72. The van der Waals surface area contributed by atoms with Gasteiger partial charge in [-0.05, 0) is 38.5 Å². The fourth-order valence-electron chi connectivity index (χ4n) is 2.56. The molecule has 0 aromatic heterocycles. The molecule has 1 saturated heterocycles. The van der Waals surface area contributed by atoms with E-state index in [4.69, 9.17) is 10.00 Å². The summed E-state index contributed by atoms with van der Waals surface area (Å²) in [6.45, 7) is 4.80.